The first kappa shape index (κ1) is 11.6. The van der Waals surface area contributed by atoms with E-state index in [1.54, 1.807) is 6.20 Å². The number of rotatable bonds is 2. The molecule has 0 unspecified atom stereocenters. The average molecular weight is 230 g/mol. The molecule has 1 heterocycles. The van der Waals surface area contributed by atoms with Gasteiger partial charge in [0.05, 0.1) is 5.69 Å². The lowest BCUT2D eigenvalue weighted by Gasteiger charge is -2.09. The molecule has 1 N–H and O–H groups in total. The van der Waals surface area contributed by atoms with Gasteiger partial charge in [0.1, 0.15) is 5.82 Å². The van der Waals surface area contributed by atoms with Crippen LogP contribution in [0, 0.1) is 19.7 Å². The molecule has 0 amide bonds. The van der Waals surface area contributed by atoms with E-state index in [4.69, 9.17) is 0 Å². The van der Waals surface area contributed by atoms with Gasteiger partial charge in [0, 0.05) is 24.5 Å². The molecule has 0 spiro atoms. The topological polar surface area (TPSA) is 24.9 Å². The molecule has 0 aliphatic carbocycles. The molecule has 3 heteroatoms. The van der Waals surface area contributed by atoms with E-state index in [0.29, 0.717) is 11.3 Å². The first-order valence-electron chi connectivity index (χ1n) is 5.52. The molecule has 0 aliphatic heterocycles. The van der Waals surface area contributed by atoms with Gasteiger partial charge in [0.25, 0.3) is 0 Å². The second kappa shape index (κ2) is 4.53. The highest BCUT2D eigenvalue weighted by Gasteiger charge is 2.10. The predicted molar refractivity (Wildman–Crippen MR) is 68.7 cm³/mol. The lowest BCUT2D eigenvalue weighted by atomic mass is 10.0. The maximum atomic E-state index is 14.0. The molecule has 88 valence electrons. The summed E-state index contributed by atoms with van der Waals surface area (Å²) in [5, 5.41) is 3.02. The second-order valence-corrected chi connectivity index (χ2v) is 4.12. The summed E-state index contributed by atoms with van der Waals surface area (Å²) in [5.41, 5.74) is 3.99. The van der Waals surface area contributed by atoms with E-state index in [1.165, 1.54) is 6.07 Å². The minimum absolute atomic E-state index is 0.219. The maximum Gasteiger partial charge on any atom is 0.133 e. The van der Waals surface area contributed by atoms with Crippen LogP contribution in [0.15, 0.2) is 30.5 Å². The fraction of sp³-hybridized carbons (Fsp3) is 0.214. The summed E-state index contributed by atoms with van der Waals surface area (Å²) in [6.45, 7) is 3.79. The molecule has 0 atom stereocenters. The van der Waals surface area contributed by atoms with Crippen molar-refractivity contribution in [3.05, 3.63) is 47.4 Å². The standard InChI is InChI=1S/C14H15FN2/c1-9-6-10(2)14(12(15)7-9)13-8-11(16-3)4-5-17-13/h4-8H,1-3H3,(H,16,17). The van der Waals surface area contributed by atoms with Crippen molar-refractivity contribution in [1.82, 2.24) is 4.98 Å². The number of hydrogen-bond donors (Lipinski definition) is 1. The van der Waals surface area contributed by atoms with E-state index in [2.05, 4.69) is 10.3 Å². The van der Waals surface area contributed by atoms with Crippen molar-refractivity contribution in [2.75, 3.05) is 12.4 Å². The molecule has 0 radical (unpaired) electrons. The zero-order valence-corrected chi connectivity index (χ0v) is 10.2. The molecule has 0 aliphatic rings. The Bertz CT molecular complexity index is 527. The number of benzene rings is 1. The van der Waals surface area contributed by atoms with Crippen molar-refractivity contribution in [3.63, 3.8) is 0 Å². The van der Waals surface area contributed by atoms with Gasteiger partial charge in [-0.3, -0.25) is 4.98 Å². The van der Waals surface area contributed by atoms with Crippen LogP contribution in [-0.2, 0) is 0 Å². The Morgan fingerprint density at radius 3 is 2.59 bits per heavy atom. The Balaban J connectivity index is 2.60. The van der Waals surface area contributed by atoms with E-state index in [0.717, 1.165) is 16.8 Å². The van der Waals surface area contributed by atoms with Crippen molar-refractivity contribution in [2.24, 2.45) is 0 Å². The Kier molecular flexibility index (Phi) is 3.09. The van der Waals surface area contributed by atoms with Gasteiger partial charge in [-0.25, -0.2) is 4.39 Å². The van der Waals surface area contributed by atoms with Crippen LogP contribution >= 0.6 is 0 Å². The maximum absolute atomic E-state index is 14.0. The van der Waals surface area contributed by atoms with Crippen LogP contribution in [0.2, 0.25) is 0 Å². The fourth-order valence-electron chi connectivity index (χ4n) is 1.96. The summed E-state index contributed by atoms with van der Waals surface area (Å²) in [7, 11) is 1.83. The smallest absolute Gasteiger partial charge is 0.133 e. The van der Waals surface area contributed by atoms with Crippen LogP contribution in [0.25, 0.3) is 11.3 Å². The fourth-order valence-corrected chi connectivity index (χ4v) is 1.96. The molecular weight excluding hydrogens is 215 g/mol. The Labute approximate surface area is 101 Å². The molecule has 1 aromatic carbocycles. The van der Waals surface area contributed by atoms with Gasteiger partial charge < -0.3 is 5.32 Å². The number of pyridine rings is 1. The Morgan fingerprint density at radius 1 is 1.18 bits per heavy atom. The summed E-state index contributed by atoms with van der Waals surface area (Å²) < 4.78 is 14.0. The second-order valence-electron chi connectivity index (χ2n) is 4.12. The first-order chi connectivity index (χ1) is 8.11. The molecule has 2 nitrogen and oxygen atoms in total. The average Bonchev–Trinajstić information content (AvgIpc) is 2.28. The molecular formula is C14H15FN2. The van der Waals surface area contributed by atoms with Gasteiger partial charge in [-0.2, -0.15) is 0 Å². The lowest BCUT2D eigenvalue weighted by molar-refractivity contribution is 0.628. The van der Waals surface area contributed by atoms with Crippen LogP contribution in [0.5, 0.6) is 0 Å². The van der Waals surface area contributed by atoms with Gasteiger partial charge in [0.2, 0.25) is 0 Å². The molecule has 0 saturated heterocycles. The van der Waals surface area contributed by atoms with Gasteiger partial charge in [-0.15, -0.1) is 0 Å². The van der Waals surface area contributed by atoms with Crippen LogP contribution in [0.4, 0.5) is 10.1 Å². The number of nitrogens with zero attached hydrogens (tertiary/aromatic N) is 1. The van der Waals surface area contributed by atoms with Crippen LogP contribution in [0.1, 0.15) is 11.1 Å². The molecule has 2 aromatic rings. The molecule has 0 saturated carbocycles. The highest BCUT2D eigenvalue weighted by molar-refractivity contribution is 5.68. The van der Waals surface area contributed by atoms with Gasteiger partial charge in [0.15, 0.2) is 0 Å². The Hall–Kier alpha value is -1.90. The molecule has 0 fully saturated rings. The van der Waals surface area contributed by atoms with Gasteiger partial charge >= 0.3 is 0 Å². The van der Waals surface area contributed by atoms with E-state index >= 15 is 0 Å². The molecule has 17 heavy (non-hydrogen) atoms. The van der Waals surface area contributed by atoms with Crippen LogP contribution in [0.3, 0.4) is 0 Å². The van der Waals surface area contributed by atoms with E-state index < -0.39 is 0 Å². The molecule has 2 rings (SSSR count). The number of hydrogen-bond acceptors (Lipinski definition) is 2. The SMILES string of the molecule is CNc1ccnc(-c2c(C)cc(C)cc2F)c1. The Morgan fingerprint density at radius 2 is 1.94 bits per heavy atom. The number of halogens is 1. The van der Waals surface area contributed by atoms with Crippen molar-refractivity contribution in [3.8, 4) is 11.3 Å². The van der Waals surface area contributed by atoms with Crippen LogP contribution in [-0.4, -0.2) is 12.0 Å². The minimum Gasteiger partial charge on any atom is -0.388 e. The third-order valence-corrected chi connectivity index (χ3v) is 2.74. The minimum atomic E-state index is -0.219. The van der Waals surface area contributed by atoms with E-state index in [9.17, 15) is 4.39 Å². The summed E-state index contributed by atoms with van der Waals surface area (Å²) in [4.78, 5) is 4.23. The van der Waals surface area contributed by atoms with Crippen molar-refractivity contribution in [2.45, 2.75) is 13.8 Å². The molecule has 1 aromatic heterocycles. The summed E-state index contributed by atoms with van der Waals surface area (Å²) >= 11 is 0. The van der Waals surface area contributed by atoms with Crippen molar-refractivity contribution >= 4 is 5.69 Å². The van der Waals surface area contributed by atoms with E-state index in [-0.39, 0.29) is 5.82 Å². The first-order valence-corrected chi connectivity index (χ1v) is 5.52. The quantitative estimate of drug-likeness (QED) is 0.853. The van der Waals surface area contributed by atoms with Crippen molar-refractivity contribution in [1.29, 1.82) is 0 Å². The van der Waals surface area contributed by atoms with E-state index in [1.807, 2.05) is 39.1 Å². The highest BCUT2D eigenvalue weighted by Crippen LogP contribution is 2.27. The zero-order chi connectivity index (χ0) is 12.4. The monoisotopic (exact) mass is 230 g/mol. The largest absolute Gasteiger partial charge is 0.388 e. The number of anilines is 1. The predicted octanol–water partition coefficient (Wildman–Crippen LogP) is 3.55. The molecule has 0 bridgehead atoms. The van der Waals surface area contributed by atoms with Crippen molar-refractivity contribution < 1.29 is 4.39 Å². The summed E-state index contributed by atoms with van der Waals surface area (Å²) in [6.07, 6.45) is 1.68. The lowest BCUT2D eigenvalue weighted by Crippen LogP contribution is -1.95. The third-order valence-electron chi connectivity index (χ3n) is 2.74. The van der Waals surface area contributed by atoms with Gasteiger partial charge in [-0.1, -0.05) is 6.07 Å². The summed E-state index contributed by atoms with van der Waals surface area (Å²) in [6, 6.07) is 7.20. The normalized spacial score (nSPS) is 10.4. The number of aryl methyl sites for hydroxylation is 2. The van der Waals surface area contributed by atoms with Crippen LogP contribution < -0.4 is 5.32 Å². The summed E-state index contributed by atoms with van der Waals surface area (Å²) in [5.74, 6) is -0.219. The zero-order valence-electron chi connectivity index (χ0n) is 10.2. The highest BCUT2D eigenvalue weighted by atomic mass is 19.1. The third kappa shape index (κ3) is 2.28. The number of aromatic nitrogens is 1. The van der Waals surface area contributed by atoms with Gasteiger partial charge in [-0.05, 0) is 43.2 Å². The number of nitrogens with one attached hydrogen (secondary N) is 1.